The molecule has 0 atom stereocenters. The minimum atomic E-state index is -4.87. The maximum atomic E-state index is 12.8. The van der Waals surface area contributed by atoms with E-state index in [-0.39, 0.29) is 27.0 Å². The second-order valence-corrected chi connectivity index (χ2v) is 11.1. The maximum Gasteiger partial charge on any atom is 0.296 e. The van der Waals surface area contributed by atoms with Gasteiger partial charge < -0.3 is 10.2 Å². The van der Waals surface area contributed by atoms with Crippen LogP contribution in [0.25, 0.3) is 10.8 Å². The van der Waals surface area contributed by atoms with Crippen LogP contribution < -0.4 is 4.72 Å². The average Bonchev–Trinajstić information content (AvgIpc) is 2.84. The first-order valence-electron chi connectivity index (χ1n) is 10.5. The number of azo groups is 1. The van der Waals surface area contributed by atoms with E-state index in [1.54, 1.807) is 19.1 Å². The molecule has 196 valence electrons. The van der Waals surface area contributed by atoms with E-state index in [0.29, 0.717) is 0 Å². The Morgan fingerprint density at radius 2 is 1.53 bits per heavy atom. The molecule has 4 N–H and O–H groups in total. The molecular formula is C23H18N4O9S2. The molecule has 38 heavy (non-hydrogen) atoms. The van der Waals surface area contributed by atoms with Crippen molar-refractivity contribution < 1.29 is 36.5 Å². The van der Waals surface area contributed by atoms with Crippen LogP contribution in [0.3, 0.4) is 0 Å². The van der Waals surface area contributed by atoms with Gasteiger partial charge in [0.1, 0.15) is 27.8 Å². The number of nitrogens with one attached hydrogen (secondary N) is 1. The first-order valence-corrected chi connectivity index (χ1v) is 13.4. The van der Waals surface area contributed by atoms with Crippen LogP contribution in [0.1, 0.15) is 5.56 Å². The van der Waals surface area contributed by atoms with Gasteiger partial charge in [-0.05, 0) is 48.7 Å². The number of nitrogens with zero attached hydrogens (tertiary/aromatic N) is 3. The normalized spacial score (nSPS) is 12.2. The lowest BCUT2D eigenvalue weighted by atomic mass is 10.1. The fraction of sp³-hybridized carbons (Fsp3) is 0.0435. The van der Waals surface area contributed by atoms with Crippen LogP contribution in [0.4, 0.5) is 22.7 Å². The van der Waals surface area contributed by atoms with Gasteiger partial charge in [-0.3, -0.25) is 19.4 Å². The van der Waals surface area contributed by atoms with Gasteiger partial charge >= 0.3 is 0 Å². The third-order valence-electron chi connectivity index (χ3n) is 5.36. The van der Waals surface area contributed by atoms with Crippen molar-refractivity contribution in [2.75, 3.05) is 4.72 Å². The predicted molar refractivity (Wildman–Crippen MR) is 136 cm³/mol. The van der Waals surface area contributed by atoms with Gasteiger partial charge in [0.25, 0.3) is 25.8 Å². The van der Waals surface area contributed by atoms with Crippen LogP contribution in [-0.2, 0) is 20.1 Å². The lowest BCUT2D eigenvalue weighted by Crippen LogP contribution is -2.13. The van der Waals surface area contributed by atoms with Gasteiger partial charge in [0.15, 0.2) is 0 Å². The molecule has 13 nitrogen and oxygen atoms in total. The standard InChI is InChI=1S/C23H18N4O9S2/c1-13-2-6-16(7-3-13)37(32,33)26-18-8-4-14-10-22(38(34,35)36)20(12-17(14)23(18)29)25-24-19-11-15(27(30)31)5-9-21(19)28/h2-12,26,28-29H,1H3,(H,34,35,36). The zero-order chi connectivity index (χ0) is 27.8. The number of phenols is 2. The SMILES string of the molecule is Cc1ccc(S(=O)(=O)Nc2ccc3cc(S(=O)(=O)O)c(N=Nc4cc([N+](=O)[O-])ccc4O)cc3c2O)cc1. The molecule has 0 amide bonds. The van der Waals surface area contributed by atoms with E-state index >= 15 is 0 Å². The molecule has 0 fully saturated rings. The number of anilines is 1. The fourth-order valence-corrected chi connectivity index (χ4v) is 5.13. The Hall–Kier alpha value is -4.60. The Kier molecular flexibility index (Phi) is 6.75. The van der Waals surface area contributed by atoms with Crippen molar-refractivity contribution in [3.8, 4) is 11.5 Å². The van der Waals surface area contributed by atoms with Gasteiger partial charge in [-0.2, -0.15) is 8.42 Å². The summed E-state index contributed by atoms with van der Waals surface area (Å²) in [5.74, 6) is -1.07. The van der Waals surface area contributed by atoms with E-state index in [0.717, 1.165) is 35.9 Å². The average molecular weight is 559 g/mol. The lowest BCUT2D eigenvalue weighted by molar-refractivity contribution is -0.384. The highest BCUT2D eigenvalue weighted by Gasteiger charge is 2.21. The molecule has 0 spiro atoms. The Balaban J connectivity index is 1.82. The largest absolute Gasteiger partial charge is 0.506 e. The molecule has 4 aromatic rings. The highest BCUT2D eigenvalue weighted by molar-refractivity contribution is 7.92. The van der Waals surface area contributed by atoms with Gasteiger partial charge in [-0.1, -0.05) is 23.8 Å². The zero-order valence-corrected chi connectivity index (χ0v) is 20.9. The number of nitro groups is 1. The summed E-state index contributed by atoms with van der Waals surface area (Å²) in [5, 5.41) is 39.2. The third-order valence-corrected chi connectivity index (χ3v) is 7.62. The summed E-state index contributed by atoms with van der Waals surface area (Å²) in [4.78, 5) is 9.49. The molecule has 4 rings (SSSR count). The first kappa shape index (κ1) is 26.5. The minimum Gasteiger partial charge on any atom is -0.506 e. The molecular weight excluding hydrogens is 540 g/mol. The third kappa shape index (κ3) is 5.39. The highest BCUT2D eigenvalue weighted by atomic mass is 32.2. The summed E-state index contributed by atoms with van der Waals surface area (Å²) in [6.45, 7) is 1.79. The number of hydrogen-bond acceptors (Lipinski definition) is 10. The zero-order valence-electron chi connectivity index (χ0n) is 19.3. The van der Waals surface area contributed by atoms with Crippen molar-refractivity contribution in [3.05, 3.63) is 82.4 Å². The highest BCUT2D eigenvalue weighted by Crippen LogP contribution is 2.40. The number of nitro benzene ring substituents is 1. The summed E-state index contributed by atoms with van der Waals surface area (Å²) in [5.41, 5.74) is -0.679. The van der Waals surface area contributed by atoms with E-state index in [2.05, 4.69) is 15.0 Å². The minimum absolute atomic E-state index is 0.0567. The van der Waals surface area contributed by atoms with Crippen LogP contribution in [0.5, 0.6) is 11.5 Å². The maximum absolute atomic E-state index is 12.8. The van der Waals surface area contributed by atoms with Crippen molar-refractivity contribution in [2.24, 2.45) is 10.2 Å². The Morgan fingerprint density at radius 1 is 0.868 bits per heavy atom. The predicted octanol–water partition coefficient (Wildman–Crippen LogP) is 4.93. The Bertz CT molecular complexity index is 1840. The van der Waals surface area contributed by atoms with Crippen molar-refractivity contribution in [2.45, 2.75) is 16.7 Å². The van der Waals surface area contributed by atoms with Crippen molar-refractivity contribution in [1.29, 1.82) is 0 Å². The topological polar surface area (TPSA) is 209 Å². The number of sulfonamides is 1. The number of fused-ring (bicyclic) bond motifs is 1. The van der Waals surface area contributed by atoms with E-state index in [1.807, 2.05) is 0 Å². The van der Waals surface area contributed by atoms with Crippen LogP contribution in [-0.4, -0.2) is 36.5 Å². The number of benzene rings is 4. The second kappa shape index (κ2) is 9.70. The van der Waals surface area contributed by atoms with Gasteiger partial charge in [-0.15, -0.1) is 10.2 Å². The fourth-order valence-electron chi connectivity index (χ4n) is 3.43. The van der Waals surface area contributed by atoms with E-state index in [1.165, 1.54) is 24.3 Å². The van der Waals surface area contributed by atoms with E-state index < -0.39 is 52.8 Å². The summed E-state index contributed by atoms with van der Waals surface area (Å²) < 4.78 is 61.5. The number of non-ortho nitro benzene ring substituents is 1. The van der Waals surface area contributed by atoms with Gasteiger partial charge in [0.2, 0.25) is 0 Å². The molecule has 0 aromatic heterocycles. The number of aryl methyl sites for hydroxylation is 1. The lowest BCUT2D eigenvalue weighted by Gasteiger charge is -2.13. The smallest absolute Gasteiger partial charge is 0.296 e. The molecule has 0 saturated heterocycles. The molecule has 0 bridgehead atoms. The molecule has 15 heteroatoms. The Morgan fingerprint density at radius 3 is 2.16 bits per heavy atom. The van der Waals surface area contributed by atoms with Gasteiger partial charge in [-0.25, -0.2) is 8.42 Å². The summed E-state index contributed by atoms with van der Waals surface area (Å²) in [7, 11) is -8.97. The van der Waals surface area contributed by atoms with Crippen molar-refractivity contribution >= 4 is 53.7 Å². The quantitative estimate of drug-likeness (QED) is 0.0795. The number of hydrogen-bond donors (Lipinski definition) is 4. The van der Waals surface area contributed by atoms with Crippen molar-refractivity contribution in [3.63, 3.8) is 0 Å². The van der Waals surface area contributed by atoms with Crippen LogP contribution in [0.2, 0.25) is 0 Å². The first-order chi connectivity index (χ1) is 17.8. The molecule has 4 aromatic carbocycles. The number of aromatic hydroxyl groups is 2. The molecule has 0 aliphatic carbocycles. The number of rotatable bonds is 7. The van der Waals surface area contributed by atoms with E-state index in [9.17, 15) is 41.7 Å². The molecule has 0 aliphatic heterocycles. The molecule has 0 radical (unpaired) electrons. The van der Waals surface area contributed by atoms with Gasteiger partial charge in [0.05, 0.1) is 15.5 Å². The Labute approximate surface area is 215 Å². The summed E-state index contributed by atoms with van der Waals surface area (Å²) >= 11 is 0. The monoisotopic (exact) mass is 558 g/mol. The molecule has 0 aliphatic rings. The number of phenolic OH excluding ortho intramolecular Hbond substituents is 2. The van der Waals surface area contributed by atoms with Crippen molar-refractivity contribution in [1.82, 2.24) is 0 Å². The summed E-state index contributed by atoms with van der Waals surface area (Å²) in [6.07, 6.45) is 0. The molecule has 0 unspecified atom stereocenters. The summed E-state index contributed by atoms with van der Waals surface area (Å²) in [6, 6.07) is 13.4. The van der Waals surface area contributed by atoms with Crippen LogP contribution >= 0.6 is 0 Å². The van der Waals surface area contributed by atoms with E-state index in [4.69, 9.17) is 0 Å². The van der Waals surface area contributed by atoms with Crippen LogP contribution in [0.15, 0.2) is 86.7 Å². The van der Waals surface area contributed by atoms with Crippen LogP contribution in [0, 0.1) is 17.0 Å². The second-order valence-electron chi connectivity index (χ2n) is 8.03. The molecule has 0 heterocycles. The molecule has 0 saturated carbocycles. The van der Waals surface area contributed by atoms with Gasteiger partial charge in [0, 0.05) is 17.5 Å².